The number of nitrogens with one attached hydrogen (secondary N) is 1. The van der Waals surface area contributed by atoms with E-state index in [1.807, 2.05) is 0 Å². The van der Waals surface area contributed by atoms with Crippen LogP contribution in [0.15, 0.2) is 24.4 Å². The molecule has 0 aliphatic carbocycles. The van der Waals surface area contributed by atoms with E-state index in [4.69, 9.17) is 9.47 Å². The fraction of sp³-hybridized carbons (Fsp3) is 0.400. The number of halogens is 3. The third kappa shape index (κ3) is 4.58. The van der Waals surface area contributed by atoms with Crippen LogP contribution >= 0.6 is 0 Å². The Morgan fingerprint density at radius 2 is 2.22 bits per heavy atom. The highest BCUT2D eigenvalue weighted by Gasteiger charge is 2.32. The number of rotatable bonds is 6. The van der Waals surface area contributed by atoms with Crippen LogP contribution < -0.4 is 19.5 Å². The second-order valence-corrected chi connectivity index (χ2v) is 5.71. The topological polar surface area (TPSA) is 101 Å². The smallest absolute Gasteiger partial charge is 0.493 e. The van der Waals surface area contributed by atoms with Gasteiger partial charge < -0.3 is 29.6 Å². The summed E-state index contributed by atoms with van der Waals surface area (Å²) >= 11 is 0. The number of hydrogen-bond donors (Lipinski definition) is 1. The molecule has 146 valence electrons. The van der Waals surface area contributed by atoms with Gasteiger partial charge in [0.25, 0.3) is 0 Å². The highest BCUT2D eigenvalue weighted by molar-refractivity contribution is 5.43. The molecule has 0 saturated carbocycles. The number of imidazole rings is 1. The fourth-order valence-corrected chi connectivity index (χ4v) is 2.60. The average molecular weight is 388 g/mol. The summed E-state index contributed by atoms with van der Waals surface area (Å²) in [5, 5.41) is 13.9. The van der Waals surface area contributed by atoms with Crippen LogP contribution in [0.4, 0.5) is 19.0 Å². The predicted octanol–water partition coefficient (Wildman–Crippen LogP) is 2.25. The maximum atomic E-state index is 12.4. The minimum Gasteiger partial charge on any atom is -0.493 e. The minimum absolute atomic E-state index is 0.0426. The van der Waals surface area contributed by atoms with Crippen molar-refractivity contribution in [2.75, 3.05) is 13.7 Å². The van der Waals surface area contributed by atoms with Gasteiger partial charge in [-0.3, -0.25) is 4.57 Å². The van der Waals surface area contributed by atoms with Crippen LogP contribution in [0.2, 0.25) is 0 Å². The maximum Gasteiger partial charge on any atom is 0.573 e. The standard InChI is InChI=1S/C15H15F3N4O5/c1-25-12-4-9(2-3-11(12)27-15(16,17)18)5-19-10-6-21-7-13(22(23)24)20-14(21)26-8-10/h2-4,7,10,19H,5-6,8H2,1H3/t10-/m0/s1. The monoisotopic (exact) mass is 388 g/mol. The van der Waals surface area contributed by atoms with Crippen molar-refractivity contribution in [2.45, 2.75) is 25.5 Å². The Bertz CT molecular complexity index is 839. The first-order chi connectivity index (χ1) is 12.7. The maximum absolute atomic E-state index is 12.4. The van der Waals surface area contributed by atoms with Gasteiger partial charge in [0.1, 0.15) is 12.8 Å². The van der Waals surface area contributed by atoms with E-state index in [2.05, 4.69) is 15.0 Å². The Balaban J connectivity index is 1.62. The molecule has 0 unspecified atom stereocenters. The van der Waals surface area contributed by atoms with E-state index in [1.165, 1.54) is 36.1 Å². The number of ether oxygens (including phenoxy) is 3. The van der Waals surface area contributed by atoms with Crippen LogP contribution in [0.25, 0.3) is 0 Å². The van der Waals surface area contributed by atoms with Gasteiger partial charge in [-0.25, -0.2) is 0 Å². The lowest BCUT2D eigenvalue weighted by molar-refractivity contribution is -0.389. The Kier molecular flexibility index (Phi) is 5.08. The lowest BCUT2D eigenvalue weighted by atomic mass is 10.2. The second-order valence-electron chi connectivity index (χ2n) is 5.71. The molecule has 1 aliphatic rings. The summed E-state index contributed by atoms with van der Waals surface area (Å²) in [6, 6.07) is 4.11. The van der Waals surface area contributed by atoms with Crippen LogP contribution in [-0.4, -0.2) is 40.6 Å². The third-order valence-electron chi connectivity index (χ3n) is 3.79. The molecule has 0 amide bonds. The summed E-state index contributed by atoms with van der Waals surface area (Å²) in [7, 11) is 1.25. The van der Waals surface area contributed by atoms with Gasteiger partial charge in [-0.1, -0.05) is 6.07 Å². The highest BCUT2D eigenvalue weighted by Crippen LogP contribution is 2.32. The van der Waals surface area contributed by atoms with Crippen LogP contribution in [-0.2, 0) is 13.1 Å². The van der Waals surface area contributed by atoms with Crippen molar-refractivity contribution in [3.63, 3.8) is 0 Å². The number of methoxy groups -OCH3 is 1. The van der Waals surface area contributed by atoms with Gasteiger partial charge >= 0.3 is 18.2 Å². The Hall–Kier alpha value is -3.02. The van der Waals surface area contributed by atoms with E-state index in [1.54, 1.807) is 0 Å². The molecule has 1 atom stereocenters. The molecule has 1 aromatic carbocycles. The number of fused-ring (bicyclic) bond motifs is 1. The number of alkyl halides is 3. The fourth-order valence-electron chi connectivity index (χ4n) is 2.60. The van der Waals surface area contributed by atoms with E-state index in [0.717, 1.165) is 0 Å². The predicted molar refractivity (Wildman–Crippen MR) is 84.7 cm³/mol. The van der Waals surface area contributed by atoms with Crippen LogP contribution in [0, 0.1) is 10.1 Å². The molecule has 0 saturated heterocycles. The van der Waals surface area contributed by atoms with E-state index in [0.29, 0.717) is 18.7 Å². The number of nitrogens with zero attached hydrogens (tertiary/aromatic N) is 3. The average Bonchev–Trinajstić information content (AvgIpc) is 3.03. The van der Waals surface area contributed by atoms with Gasteiger partial charge in [0.15, 0.2) is 11.5 Å². The zero-order valence-electron chi connectivity index (χ0n) is 14.0. The molecule has 9 nitrogen and oxygen atoms in total. The third-order valence-corrected chi connectivity index (χ3v) is 3.79. The molecule has 2 heterocycles. The molecular formula is C15H15F3N4O5. The lowest BCUT2D eigenvalue weighted by Crippen LogP contribution is -2.41. The number of aromatic nitrogens is 2. The number of hydrogen-bond acceptors (Lipinski definition) is 7. The first-order valence-electron chi connectivity index (χ1n) is 7.75. The largest absolute Gasteiger partial charge is 0.573 e. The molecule has 3 rings (SSSR count). The summed E-state index contributed by atoms with van der Waals surface area (Å²) in [4.78, 5) is 13.9. The van der Waals surface area contributed by atoms with Gasteiger partial charge in [0, 0.05) is 18.1 Å². The Morgan fingerprint density at radius 1 is 1.44 bits per heavy atom. The normalized spacial score (nSPS) is 16.4. The SMILES string of the molecule is COc1cc(CN[C@@H]2COc3nc([N+](=O)[O-])cn3C2)ccc1OC(F)(F)F. The van der Waals surface area contributed by atoms with Crippen molar-refractivity contribution in [1.29, 1.82) is 0 Å². The highest BCUT2D eigenvalue weighted by atomic mass is 19.4. The summed E-state index contributed by atoms with van der Waals surface area (Å²) < 4.78 is 52.9. The Morgan fingerprint density at radius 3 is 2.89 bits per heavy atom. The number of benzene rings is 1. The quantitative estimate of drug-likeness (QED) is 0.598. The van der Waals surface area contributed by atoms with Crippen molar-refractivity contribution in [2.24, 2.45) is 0 Å². The van der Waals surface area contributed by atoms with Gasteiger partial charge in [-0.05, 0) is 22.6 Å². The van der Waals surface area contributed by atoms with Crippen molar-refractivity contribution in [3.05, 3.63) is 40.1 Å². The molecule has 0 radical (unpaired) electrons. The molecule has 1 aliphatic heterocycles. The first-order valence-corrected chi connectivity index (χ1v) is 7.75. The molecule has 0 spiro atoms. The number of nitro groups is 1. The van der Waals surface area contributed by atoms with Crippen LogP contribution in [0.1, 0.15) is 5.56 Å². The van der Waals surface area contributed by atoms with E-state index in [9.17, 15) is 23.3 Å². The van der Waals surface area contributed by atoms with Crippen LogP contribution in [0.3, 0.4) is 0 Å². The molecule has 0 bridgehead atoms. The minimum atomic E-state index is -4.81. The zero-order chi connectivity index (χ0) is 19.6. The van der Waals surface area contributed by atoms with Crippen molar-refractivity contribution >= 4 is 5.82 Å². The van der Waals surface area contributed by atoms with Crippen molar-refractivity contribution in [3.8, 4) is 17.5 Å². The van der Waals surface area contributed by atoms with E-state index in [-0.39, 0.29) is 30.2 Å². The summed E-state index contributed by atoms with van der Waals surface area (Å²) in [6.45, 7) is 0.978. The summed E-state index contributed by atoms with van der Waals surface area (Å²) in [5.41, 5.74) is 0.670. The lowest BCUT2D eigenvalue weighted by Gasteiger charge is -2.23. The van der Waals surface area contributed by atoms with E-state index < -0.39 is 17.0 Å². The van der Waals surface area contributed by atoms with E-state index >= 15 is 0 Å². The first kappa shape index (κ1) is 18.8. The molecular weight excluding hydrogens is 373 g/mol. The molecule has 1 aromatic heterocycles. The molecule has 12 heteroatoms. The van der Waals surface area contributed by atoms with Crippen molar-refractivity contribution < 1.29 is 32.3 Å². The van der Waals surface area contributed by atoms with Gasteiger partial charge in [-0.15, -0.1) is 13.2 Å². The zero-order valence-corrected chi connectivity index (χ0v) is 14.0. The molecule has 27 heavy (non-hydrogen) atoms. The molecule has 0 fully saturated rings. The molecule has 1 N–H and O–H groups in total. The summed E-state index contributed by atoms with van der Waals surface area (Å²) in [5.74, 6) is -0.764. The van der Waals surface area contributed by atoms with Crippen LogP contribution in [0.5, 0.6) is 17.5 Å². The second kappa shape index (κ2) is 7.31. The van der Waals surface area contributed by atoms with Crippen molar-refractivity contribution in [1.82, 2.24) is 14.9 Å². The van der Waals surface area contributed by atoms with Gasteiger partial charge in [0.2, 0.25) is 0 Å². The summed E-state index contributed by atoms with van der Waals surface area (Å²) in [6.07, 6.45) is -3.52. The van der Waals surface area contributed by atoms with Gasteiger partial charge in [-0.2, -0.15) is 0 Å². The van der Waals surface area contributed by atoms with Gasteiger partial charge in [0.05, 0.1) is 13.2 Å². The Labute approximate surface area is 150 Å². The molecule has 2 aromatic rings.